The van der Waals surface area contributed by atoms with Crippen molar-refractivity contribution in [1.29, 1.82) is 0 Å². The zero-order chi connectivity index (χ0) is 22.1. The van der Waals surface area contributed by atoms with Crippen LogP contribution >= 0.6 is 11.6 Å². The molecule has 1 aliphatic heterocycles. The lowest BCUT2D eigenvalue weighted by molar-refractivity contribution is -0.132. The molecule has 1 N–H and O–H groups in total. The molecule has 1 aliphatic rings. The van der Waals surface area contributed by atoms with Gasteiger partial charge in [-0.3, -0.25) is 19.5 Å². The molecule has 0 radical (unpaired) electrons. The number of ketones is 1. The SMILES string of the molecule is COc1cc(/C(O)=C2\C(=O)C(=O)N(c3cccc(F)c3)C2c2ccccn2)ccc1Cl. The molecule has 1 amide bonds. The predicted octanol–water partition coefficient (Wildman–Crippen LogP) is 4.51. The molecule has 0 bridgehead atoms. The van der Waals surface area contributed by atoms with Gasteiger partial charge in [-0.1, -0.05) is 23.7 Å². The van der Waals surface area contributed by atoms with Gasteiger partial charge in [0.15, 0.2) is 0 Å². The molecule has 6 nitrogen and oxygen atoms in total. The Morgan fingerprint density at radius 1 is 1.13 bits per heavy atom. The van der Waals surface area contributed by atoms with E-state index in [1.165, 1.54) is 49.7 Å². The number of anilines is 1. The number of Topliss-reactive ketones (excluding diaryl/α,β-unsaturated/α-hetero) is 1. The first-order valence-corrected chi connectivity index (χ1v) is 9.61. The Morgan fingerprint density at radius 2 is 1.94 bits per heavy atom. The number of amides is 1. The van der Waals surface area contributed by atoms with Gasteiger partial charge in [0, 0.05) is 17.4 Å². The fraction of sp³-hybridized carbons (Fsp3) is 0.0870. The Morgan fingerprint density at radius 3 is 2.61 bits per heavy atom. The third kappa shape index (κ3) is 3.64. The van der Waals surface area contributed by atoms with Gasteiger partial charge in [-0.25, -0.2) is 4.39 Å². The number of rotatable bonds is 4. The molecule has 0 saturated carbocycles. The summed E-state index contributed by atoms with van der Waals surface area (Å²) >= 11 is 6.06. The number of hydrogen-bond acceptors (Lipinski definition) is 5. The Hall–Kier alpha value is -3.71. The van der Waals surface area contributed by atoms with Crippen LogP contribution in [0.4, 0.5) is 10.1 Å². The number of carbonyl (C=O) groups is 2. The molecule has 1 unspecified atom stereocenters. The molecule has 2 heterocycles. The highest BCUT2D eigenvalue weighted by molar-refractivity contribution is 6.51. The highest BCUT2D eigenvalue weighted by Crippen LogP contribution is 2.42. The average Bonchev–Trinajstić information content (AvgIpc) is 3.05. The van der Waals surface area contributed by atoms with Crippen molar-refractivity contribution in [3.8, 4) is 5.75 Å². The van der Waals surface area contributed by atoms with Crippen molar-refractivity contribution >= 4 is 34.7 Å². The lowest BCUT2D eigenvalue weighted by Gasteiger charge is -2.24. The first-order valence-electron chi connectivity index (χ1n) is 9.23. The van der Waals surface area contributed by atoms with E-state index in [1.807, 2.05) is 0 Å². The maximum absolute atomic E-state index is 13.9. The molecule has 1 fully saturated rings. The average molecular weight is 439 g/mol. The van der Waals surface area contributed by atoms with E-state index in [0.29, 0.717) is 16.5 Å². The van der Waals surface area contributed by atoms with E-state index < -0.39 is 29.3 Å². The van der Waals surface area contributed by atoms with E-state index >= 15 is 0 Å². The highest BCUT2D eigenvalue weighted by Gasteiger charge is 2.47. The van der Waals surface area contributed by atoms with Gasteiger partial charge in [-0.15, -0.1) is 0 Å². The van der Waals surface area contributed by atoms with Gasteiger partial charge in [0.25, 0.3) is 11.7 Å². The molecule has 156 valence electrons. The van der Waals surface area contributed by atoms with Crippen LogP contribution in [0.1, 0.15) is 17.3 Å². The number of benzene rings is 2. The van der Waals surface area contributed by atoms with Crippen LogP contribution in [0.2, 0.25) is 5.02 Å². The minimum Gasteiger partial charge on any atom is -0.507 e. The van der Waals surface area contributed by atoms with Crippen molar-refractivity contribution in [3.63, 3.8) is 0 Å². The number of aromatic nitrogens is 1. The van der Waals surface area contributed by atoms with Crippen LogP contribution in [0, 0.1) is 5.82 Å². The largest absolute Gasteiger partial charge is 0.507 e. The van der Waals surface area contributed by atoms with E-state index in [-0.39, 0.29) is 16.8 Å². The van der Waals surface area contributed by atoms with Crippen LogP contribution in [-0.4, -0.2) is 28.9 Å². The summed E-state index contributed by atoms with van der Waals surface area (Å²) in [5.41, 5.74) is 0.579. The Labute approximate surface area is 182 Å². The minimum atomic E-state index is -1.05. The Balaban J connectivity index is 1.95. The van der Waals surface area contributed by atoms with Crippen molar-refractivity contribution in [3.05, 3.63) is 94.5 Å². The van der Waals surface area contributed by atoms with Crippen LogP contribution < -0.4 is 9.64 Å². The molecular formula is C23H16ClFN2O4. The summed E-state index contributed by atoms with van der Waals surface area (Å²) in [7, 11) is 1.42. The quantitative estimate of drug-likeness (QED) is 0.368. The maximum Gasteiger partial charge on any atom is 0.300 e. The molecular weight excluding hydrogens is 423 g/mol. The number of methoxy groups -OCH3 is 1. The summed E-state index contributed by atoms with van der Waals surface area (Å²) < 4.78 is 19.1. The summed E-state index contributed by atoms with van der Waals surface area (Å²) in [6.45, 7) is 0. The fourth-order valence-electron chi connectivity index (χ4n) is 3.50. The molecule has 8 heteroatoms. The van der Waals surface area contributed by atoms with E-state index in [9.17, 15) is 19.1 Å². The van der Waals surface area contributed by atoms with Crippen molar-refractivity contribution in [2.45, 2.75) is 6.04 Å². The Bertz CT molecular complexity index is 1210. The molecule has 1 saturated heterocycles. The number of halogens is 2. The number of aliphatic hydroxyl groups excluding tert-OH is 1. The topological polar surface area (TPSA) is 79.7 Å². The molecule has 1 aromatic heterocycles. The van der Waals surface area contributed by atoms with Crippen molar-refractivity contribution < 1.29 is 23.8 Å². The molecule has 0 aliphatic carbocycles. The molecule has 0 spiro atoms. The van der Waals surface area contributed by atoms with Gasteiger partial charge in [0.05, 0.1) is 23.4 Å². The first kappa shape index (κ1) is 20.6. The second-order valence-electron chi connectivity index (χ2n) is 6.75. The van der Waals surface area contributed by atoms with Gasteiger partial charge in [-0.2, -0.15) is 0 Å². The molecule has 2 aromatic carbocycles. The summed E-state index contributed by atoms with van der Waals surface area (Å²) in [5, 5.41) is 11.4. The number of aliphatic hydroxyl groups is 1. The minimum absolute atomic E-state index is 0.169. The van der Waals surface area contributed by atoms with Gasteiger partial charge >= 0.3 is 0 Å². The van der Waals surface area contributed by atoms with Crippen molar-refractivity contribution in [2.75, 3.05) is 12.0 Å². The number of hydrogen-bond donors (Lipinski definition) is 1. The predicted molar refractivity (Wildman–Crippen MR) is 113 cm³/mol. The van der Waals surface area contributed by atoms with Crippen LogP contribution in [0.5, 0.6) is 5.75 Å². The van der Waals surface area contributed by atoms with E-state index in [0.717, 1.165) is 11.0 Å². The zero-order valence-corrected chi connectivity index (χ0v) is 17.0. The van der Waals surface area contributed by atoms with Gasteiger partial charge in [-0.05, 0) is 48.5 Å². The van der Waals surface area contributed by atoms with Crippen LogP contribution in [0.25, 0.3) is 5.76 Å². The van der Waals surface area contributed by atoms with Gasteiger partial charge in [0.1, 0.15) is 23.4 Å². The fourth-order valence-corrected chi connectivity index (χ4v) is 3.70. The van der Waals surface area contributed by atoms with E-state index in [4.69, 9.17) is 16.3 Å². The highest BCUT2D eigenvalue weighted by atomic mass is 35.5. The number of ether oxygens (including phenoxy) is 1. The monoisotopic (exact) mass is 438 g/mol. The third-order valence-electron chi connectivity index (χ3n) is 4.92. The summed E-state index contributed by atoms with van der Waals surface area (Å²) in [4.78, 5) is 31.4. The van der Waals surface area contributed by atoms with Gasteiger partial charge in [0.2, 0.25) is 0 Å². The number of carbonyl (C=O) groups excluding carboxylic acids is 2. The standard InChI is InChI=1S/C23H16ClFN2O4/c1-31-18-11-13(8-9-16(18)24)21(28)19-20(17-7-2-3-10-26-17)27(23(30)22(19)29)15-6-4-5-14(25)12-15/h2-12,20,28H,1H3/b21-19+. The second-order valence-corrected chi connectivity index (χ2v) is 7.16. The Kier molecular flexibility index (Phi) is 5.44. The summed E-state index contributed by atoms with van der Waals surface area (Å²) in [5.74, 6) is -2.50. The number of pyridine rings is 1. The third-order valence-corrected chi connectivity index (χ3v) is 5.24. The second kappa shape index (κ2) is 8.20. The van der Waals surface area contributed by atoms with E-state index in [2.05, 4.69) is 4.98 Å². The van der Waals surface area contributed by atoms with Crippen LogP contribution in [0.3, 0.4) is 0 Å². The van der Waals surface area contributed by atoms with Crippen molar-refractivity contribution in [1.82, 2.24) is 4.98 Å². The smallest absolute Gasteiger partial charge is 0.300 e. The molecule has 31 heavy (non-hydrogen) atoms. The lowest BCUT2D eigenvalue weighted by Crippen LogP contribution is -2.29. The maximum atomic E-state index is 13.9. The van der Waals surface area contributed by atoms with E-state index in [1.54, 1.807) is 18.2 Å². The summed E-state index contributed by atoms with van der Waals surface area (Å²) in [6.07, 6.45) is 1.51. The molecule has 4 rings (SSSR count). The first-order chi connectivity index (χ1) is 14.9. The summed E-state index contributed by atoms with van der Waals surface area (Å²) in [6, 6.07) is 13.7. The van der Waals surface area contributed by atoms with Gasteiger partial charge < -0.3 is 9.84 Å². The zero-order valence-electron chi connectivity index (χ0n) is 16.3. The van der Waals surface area contributed by atoms with Crippen LogP contribution in [-0.2, 0) is 9.59 Å². The lowest BCUT2D eigenvalue weighted by atomic mass is 9.98. The normalized spacial score (nSPS) is 17.8. The van der Waals surface area contributed by atoms with Crippen LogP contribution in [0.15, 0.2) is 72.4 Å². The molecule has 1 atom stereocenters. The van der Waals surface area contributed by atoms with Crippen molar-refractivity contribution in [2.24, 2.45) is 0 Å². The molecule has 3 aromatic rings. The number of nitrogens with zero attached hydrogens (tertiary/aromatic N) is 2.